The van der Waals surface area contributed by atoms with Gasteiger partial charge in [0, 0.05) is 5.69 Å². The first-order valence-corrected chi connectivity index (χ1v) is 7.12. The van der Waals surface area contributed by atoms with E-state index in [-0.39, 0.29) is 17.9 Å². The van der Waals surface area contributed by atoms with Crippen LogP contribution in [-0.4, -0.2) is 23.7 Å². The Bertz CT molecular complexity index is 655. The predicted octanol–water partition coefficient (Wildman–Crippen LogP) is 2.61. The molecule has 0 spiro atoms. The van der Waals surface area contributed by atoms with Gasteiger partial charge in [-0.15, -0.1) is 0 Å². The molecule has 2 aromatic rings. The maximum absolute atomic E-state index is 12.8. The number of hydrogen-bond acceptors (Lipinski definition) is 5. The molecule has 0 saturated carbocycles. The predicted molar refractivity (Wildman–Crippen MR) is 83.6 cm³/mol. The van der Waals surface area contributed by atoms with Gasteiger partial charge in [0.2, 0.25) is 0 Å². The largest absolute Gasteiger partial charge is 0.463 e. The summed E-state index contributed by atoms with van der Waals surface area (Å²) < 4.78 is 17.9. The van der Waals surface area contributed by atoms with Crippen molar-refractivity contribution in [3.63, 3.8) is 0 Å². The molecular weight excluding hydrogens is 283 g/mol. The van der Waals surface area contributed by atoms with Gasteiger partial charge in [0.05, 0.1) is 12.2 Å². The lowest BCUT2D eigenvalue weighted by molar-refractivity contribution is 0.308. The molecule has 0 aliphatic carbocycles. The second kappa shape index (κ2) is 6.43. The summed E-state index contributed by atoms with van der Waals surface area (Å²) in [6.45, 7) is 0.571. The van der Waals surface area contributed by atoms with Gasteiger partial charge in [-0.1, -0.05) is 12.1 Å². The van der Waals surface area contributed by atoms with Gasteiger partial charge in [-0.3, -0.25) is 0 Å². The minimum Gasteiger partial charge on any atom is -0.463 e. The number of aryl methyl sites for hydroxylation is 1. The molecule has 2 heterocycles. The summed E-state index contributed by atoms with van der Waals surface area (Å²) in [7, 11) is 0. The van der Waals surface area contributed by atoms with E-state index in [4.69, 9.17) is 10.5 Å². The fourth-order valence-corrected chi connectivity index (χ4v) is 2.27. The number of nitrogens with zero attached hydrogens (tertiary/aromatic N) is 2. The van der Waals surface area contributed by atoms with Gasteiger partial charge in [-0.2, -0.15) is 0 Å². The fourth-order valence-electron chi connectivity index (χ4n) is 2.27. The van der Waals surface area contributed by atoms with Gasteiger partial charge in [0.1, 0.15) is 18.2 Å². The van der Waals surface area contributed by atoms with Crippen LogP contribution in [0.5, 0.6) is 0 Å². The zero-order valence-electron chi connectivity index (χ0n) is 12.0. The van der Waals surface area contributed by atoms with Gasteiger partial charge in [-0.25, -0.2) is 14.4 Å². The van der Waals surface area contributed by atoms with Crippen molar-refractivity contribution in [1.82, 2.24) is 4.98 Å². The minimum absolute atomic E-state index is 0.154. The average molecular weight is 300 g/mol. The minimum atomic E-state index is -0.347. The van der Waals surface area contributed by atoms with Crippen molar-refractivity contribution in [3.8, 4) is 0 Å². The Morgan fingerprint density at radius 1 is 1.23 bits per heavy atom. The maximum Gasteiger partial charge on any atom is 0.282 e. The van der Waals surface area contributed by atoms with Gasteiger partial charge in [0.25, 0.3) is 6.02 Å². The van der Waals surface area contributed by atoms with E-state index < -0.39 is 0 Å². The third kappa shape index (κ3) is 3.72. The molecule has 0 amide bonds. The lowest BCUT2D eigenvalue weighted by Gasteiger charge is -2.08. The standard InChI is InChI=1S/C16H17FN4O/c17-12-4-8-15(19-9-12)20-13-5-1-11(2-6-13)3-7-14-10-22-16(18)21-14/h1-2,4-6,8-9,14H,3,7,10H2,(H2,18,21)(H,19,20). The molecule has 0 bridgehead atoms. The Kier molecular flexibility index (Phi) is 4.18. The topological polar surface area (TPSA) is 72.5 Å². The summed E-state index contributed by atoms with van der Waals surface area (Å²) in [6.07, 6.45) is 3.01. The smallest absolute Gasteiger partial charge is 0.282 e. The number of aliphatic imine (C=N–C) groups is 1. The molecule has 1 unspecified atom stereocenters. The number of nitrogens with two attached hydrogens (primary N) is 1. The fraction of sp³-hybridized carbons (Fsp3) is 0.250. The van der Waals surface area contributed by atoms with Crippen LogP contribution in [-0.2, 0) is 11.2 Å². The summed E-state index contributed by atoms with van der Waals surface area (Å²) in [4.78, 5) is 8.17. The SMILES string of the molecule is NC1=NC(CCc2ccc(Nc3ccc(F)cn3)cc2)CO1. The second-order valence-corrected chi connectivity index (χ2v) is 5.15. The zero-order valence-corrected chi connectivity index (χ0v) is 12.0. The molecule has 1 aromatic carbocycles. The first-order chi connectivity index (χ1) is 10.7. The number of amidine groups is 1. The zero-order chi connectivity index (χ0) is 15.4. The van der Waals surface area contributed by atoms with E-state index >= 15 is 0 Å². The molecule has 114 valence electrons. The van der Waals surface area contributed by atoms with Crippen LogP contribution in [0.3, 0.4) is 0 Å². The van der Waals surface area contributed by atoms with Gasteiger partial charge in [-0.05, 0) is 42.7 Å². The van der Waals surface area contributed by atoms with Crippen molar-refractivity contribution in [2.45, 2.75) is 18.9 Å². The van der Waals surface area contributed by atoms with Gasteiger partial charge >= 0.3 is 0 Å². The quantitative estimate of drug-likeness (QED) is 0.890. The van der Waals surface area contributed by atoms with Gasteiger partial charge < -0.3 is 15.8 Å². The molecule has 22 heavy (non-hydrogen) atoms. The van der Waals surface area contributed by atoms with Crippen LogP contribution in [0.4, 0.5) is 15.9 Å². The van der Waals surface area contributed by atoms with Crippen LogP contribution < -0.4 is 11.1 Å². The van der Waals surface area contributed by atoms with E-state index in [2.05, 4.69) is 27.4 Å². The first-order valence-electron chi connectivity index (χ1n) is 7.12. The highest BCUT2D eigenvalue weighted by Crippen LogP contribution is 2.17. The molecule has 5 nitrogen and oxygen atoms in total. The van der Waals surface area contributed by atoms with Crippen LogP contribution in [0, 0.1) is 5.82 Å². The maximum atomic E-state index is 12.8. The number of anilines is 2. The highest BCUT2D eigenvalue weighted by atomic mass is 19.1. The molecule has 0 saturated heterocycles. The van der Waals surface area contributed by atoms with Crippen molar-refractivity contribution < 1.29 is 9.13 Å². The van der Waals surface area contributed by atoms with Crippen LogP contribution in [0.2, 0.25) is 0 Å². The number of hydrogen-bond donors (Lipinski definition) is 2. The summed E-state index contributed by atoms with van der Waals surface area (Å²) >= 11 is 0. The average Bonchev–Trinajstić information content (AvgIpc) is 2.94. The molecule has 1 aliphatic rings. The Hall–Kier alpha value is -2.63. The second-order valence-electron chi connectivity index (χ2n) is 5.15. The van der Waals surface area contributed by atoms with Crippen molar-refractivity contribution >= 4 is 17.5 Å². The summed E-state index contributed by atoms with van der Waals surface area (Å²) in [5.74, 6) is 0.266. The lowest BCUT2D eigenvalue weighted by Crippen LogP contribution is -2.10. The summed E-state index contributed by atoms with van der Waals surface area (Å²) in [5.41, 5.74) is 7.62. The van der Waals surface area contributed by atoms with E-state index in [9.17, 15) is 4.39 Å². The van der Waals surface area contributed by atoms with Crippen LogP contribution >= 0.6 is 0 Å². The van der Waals surface area contributed by atoms with Crippen molar-refractivity contribution in [3.05, 3.63) is 54.0 Å². The number of benzene rings is 1. The van der Waals surface area contributed by atoms with Crippen molar-refractivity contribution in [2.75, 3.05) is 11.9 Å². The number of halogens is 1. The normalized spacial score (nSPS) is 17.0. The van der Waals surface area contributed by atoms with E-state index in [1.54, 1.807) is 6.07 Å². The van der Waals surface area contributed by atoms with Crippen molar-refractivity contribution in [1.29, 1.82) is 0 Å². The summed E-state index contributed by atoms with van der Waals surface area (Å²) in [5, 5.41) is 3.13. The van der Waals surface area contributed by atoms with E-state index in [0.717, 1.165) is 18.5 Å². The molecule has 6 heteroatoms. The number of rotatable bonds is 5. The summed E-state index contributed by atoms with van der Waals surface area (Å²) in [6, 6.07) is 11.5. The van der Waals surface area contributed by atoms with Crippen molar-refractivity contribution in [2.24, 2.45) is 10.7 Å². The van der Waals surface area contributed by atoms with Gasteiger partial charge in [0.15, 0.2) is 0 Å². The third-order valence-electron chi connectivity index (χ3n) is 3.45. The lowest BCUT2D eigenvalue weighted by atomic mass is 10.1. The Morgan fingerprint density at radius 2 is 2.05 bits per heavy atom. The van der Waals surface area contributed by atoms with Crippen LogP contribution in [0.15, 0.2) is 47.6 Å². The number of pyridine rings is 1. The van der Waals surface area contributed by atoms with Crippen LogP contribution in [0.25, 0.3) is 0 Å². The molecular formula is C16H17FN4O. The molecule has 0 radical (unpaired) electrons. The molecule has 1 aromatic heterocycles. The Balaban J connectivity index is 1.54. The Morgan fingerprint density at radius 3 is 2.68 bits per heavy atom. The number of aromatic nitrogens is 1. The van der Waals surface area contributed by atoms with E-state index in [0.29, 0.717) is 12.4 Å². The molecule has 1 atom stereocenters. The molecule has 0 fully saturated rings. The van der Waals surface area contributed by atoms with E-state index in [1.807, 2.05) is 12.1 Å². The van der Waals surface area contributed by atoms with E-state index in [1.165, 1.54) is 17.8 Å². The highest BCUT2D eigenvalue weighted by Gasteiger charge is 2.16. The third-order valence-corrected chi connectivity index (χ3v) is 3.45. The number of ether oxygens (including phenoxy) is 1. The highest BCUT2D eigenvalue weighted by molar-refractivity contribution is 5.73. The molecule has 3 N–H and O–H groups in total. The monoisotopic (exact) mass is 300 g/mol. The molecule has 1 aliphatic heterocycles. The first kappa shape index (κ1) is 14.3. The Labute approximate surface area is 128 Å². The molecule has 3 rings (SSSR count). The number of nitrogens with one attached hydrogen (secondary N) is 1. The van der Waals surface area contributed by atoms with Crippen LogP contribution in [0.1, 0.15) is 12.0 Å².